The summed E-state index contributed by atoms with van der Waals surface area (Å²) in [5, 5.41) is 0.138. The summed E-state index contributed by atoms with van der Waals surface area (Å²) in [5.74, 6) is 0. The van der Waals surface area contributed by atoms with E-state index in [0.29, 0.717) is 6.61 Å². The molecule has 0 spiro atoms. The van der Waals surface area contributed by atoms with Crippen molar-refractivity contribution in [2.45, 2.75) is 18.9 Å². The van der Waals surface area contributed by atoms with Crippen LogP contribution >= 0.6 is 15.9 Å². The number of halogens is 1. The second-order valence-electron chi connectivity index (χ2n) is 1.81. The van der Waals surface area contributed by atoms with Crippen molar-refractivity contribution in [3.8, 4) is 0 Å². The van der Waals surface area contributed by atoms with E-state index in [2.05, 4.69) is 22.5 Å². The van der Waals surface area contributed by atoms with Crippen molar-refractivity contribution in [1.29, 1.82) is 0 Å². The Morgan fingerprint density at radius 3 is 2.50 bits per heavy atom. The second kappa shape index (κ2) is 4.10. The highest BCUT2D eigenvalue weighted by atomic mass is 79.9. The normalized spacial score (nSPS) is 13.4. The average molecular weight is 179 g/mol. The zero-order chi connectivity index (χ0) is 6.57. The topological polar surface area (TPSA) is 9.23 Å². The quantitative estimate of drug-likeness (QED) is 0.477. The van der Waals surface area contributed by atoms with Crippen LogP contribution in [0, 0.1) is 0 Å². The third-order valence-electron chi connectivity index (χ3n) is 0.559. The van der Waals surface area contributed by atoms with Crippen LogP contribution in [0.2, 0.25) is 0 Å². The van der Waals surface area contributed by atoms with E-state index in [-0.39, 0.29) is 5.01 Å². The zero-order valence-electron chi connectivity index (χ0n) is 5.28. The van der Waals surface area contributed by atoms with E-state index < -0.39 is 0 Å². The van der Waals surface area contributed by atoms with Crippen LogP contribution in [0.15, 0.2) is 12.2 Å². The van der Waals surface area contributed by atoms with Gasteiger partial charge in [-0.2, -0.15) is 0 Å². The molecule has 0 heterocycles. The maximum atomic E-state index is 5.12. The summed E-state index contributed by atoms with van der Waals surface area (Å²) in [6.07, 6.45) is 0. The lowest BCUT2D eigenvalue weighted by molar-refractivity contribution is 0.150. The maximum absolute atomic E-state index is 5.12. The van der Waals surface area contributed by atoms with Gasteiger partial charge in [-0.25, -0.2) is 0 Å². The third kappa shape index (κ3) is 6.18. The van der Waals surface area contributed by atoms with Crippen LogP contribution in [0.5, 0.6) is 0 Å². The molecule has 0 aromatic heterocycles. The van der Waals surface area contributed by atoms with Gasteiger partial charge in [-0.1, -0.05) is 28.1 Å². The van der Waals surface area contributed by atoms with Gasteiger partial charge in [-0.05, 0) is 13.8 Å². The van der Waals surface area contributed by atoms with Crippen LogP contribution in [-0.2, 0) is 4.74 Å². The molecule has 1 atom stereocenters. The first-order valence-corrected chi connectivity index (χ1v) is 3.44. The Kier molecular flexibility index (Phi) is 4.19. The van der Waals surface area contributed by atoms with Crippen molar-refractivity contribution in [1.82, 2.24) is 0 Å². The van der Waals surface area contributed by atoms with Crippen LogP contribution in [0.25, 0.3) is 0 Å². The molecule has 0 bridgehead atoms. The number of hydrogen-bond acceptors (Lipinski definition) is 1. The monoisotopic (exact) mass is 178 g/mol. The van der Waals surface area contributed by atoms with E-state index in [9.17, 15) is 0 Å². The van der Waals surface area contributed by atoms with Gasteiger partial charge in [0.2, 0.25) is 0 Å². The molecule has 0 saturated carbocycles. The lowest BCUT2D eigenvalue weighted by Gasteiger charge is -2.03. The Morgan fingerprint density at radius 2 is 2.38 bits per heavy atom. The predicted octanol–water partition coefficient (Wildman–Crippen LogP) is 2.32. The van der Waals surface area contributed by atoms with Gasteiger partial charge in [0.1, 0.15) is 5.01 Å². The maximum Gasteiger partial charge on any atom is 0.110 e. The van der Waals surface area contributed by atoms with Gasteiger partial charge in [0.25, 0.3) is 0 Å². The van der Waals surface area contributed by atoms with E-state index in [1.807, 2.05) is 13.8 Å². The van der Waals surface area contributed by atoms with Gasteiger partial charge in [-0.3, -0.25) is 0 Å². The fraction of sp³-hybridized carbons (Fsp3) is 0.667. The molecule has 0 fully saturated rings. The molecule has 48 valence electrons. The molecule has 0 aliphatic carbocycles. The first kappa shape index (κ1) is 8.18. The summed E-state index contributed by atoms with van der Waals surface area (Å²) in [7, 11) is 0. The third-order valence-corrected chi connectivity index (χ3v) is 0.824. The summed E-state index contributed by atoms with van der Waals surface area (Å²) >= 11 is 3.24. The molecule has 0 radical (unpaired) electrons. The molecule has 0 rings (SSSR count). The number of hydrogen-bond donors (Lipinski definition) is 0. The molecule has 2 heteroatoms. The average Bonchev–Trinajstić information content (AvgIpc) is 1.61. The number of ether oxygens (including phenoxy) is 1. The van der Waals surface area contributed by atoms with Crippen molar-refractivity contribution < 1.29 is 4.74 Å². The van der Waals surface area contributed by atoms with Crippen molar-refractivity contribution in [2.24, 2.45) is 0 Å². The van der Waals surface area contributed by atoms with Crippen molar-refractivity contribution in [3.05, 3.63) is 12.2 Å². The van der Waals surface area contributed by atoms with Gasteiger partial charge >= 0.3 is 0 Å². The van der Waals surface area contributed by atoms with Gasteiger partial charge in [0.05, 0.1) is 6.61 Å². The zero-order valence-corrected chi connectivity index (χ0v) is 6.86. The van der Waals surface area contributed by atoms with Crippen LogP contribution in [-0.4, -0.2) is 11.6 Å². The van der Waals surface area contributed by atoms with E-state index in [1.165, 1.54) is 0 Å². The molecule has 0 aromatic carbocycles. The highest BCUT2D eigenvalue weighted by Crippen LogP contribution is 2.00. The summed E-state index contributed by atoms with van der Waals surface area (Å²) in [5.41, 5.74) is 1.05. The lowest BCUT2D eigenvalue weighted by Crippen LogP contribution is -2.00. The van der Waals surface area contributed by atoms with E-state index >= 15 is 0 Å². The first-order valence-electron chi connectivity index (χ1n) is 2.53. The minimum Gasteiger partial charge on any atom is -0.363 e. The Bertz CT molecular complexity index is 78.6. The molecule has 0 aliphatic heterocycles. The SMILES string of the molecule is C=C(C)COC(C)Br. The summed E-state index contributed by atoms with van der Waals surface area (Å²) in [4.78, 5) is 0. The molecule has 1 unspecified atom stereocenters. The Balaban J connectivity index is 3.05. The molecule has 1 nitrogen and oxygen atoms in total. The molecule has 8 heavy (non-hydrogen) atoms. The van der Waals surface area contributed by atoms with Crippen molar-refractivity contribution in [3.63, 3.8) is 0 Å². The highest BCUT2D eigenvalue weighted by molar-refractivity contribution is 9.09. The van der Waals surface area contributed by atoms with E-state index in [1.54, 1.807) is 0 Å². The fourth-order valence-electron chi connectivity index (χ4n) is 0.257. The van der Waals surface area contributed by atoms with Crippen LogP contribution in [0.4, 0.5) is 0 Å². The molecule has 0 amide bonds. The molecule has 0 saturated heterocycles. The molecular formula is C6H11BrO. The van der Waals surface area contributed by atoms with Gasteiger partial charge < -0.3 is 4.74 Å². The molecule has 0 aromatic rings. The smallest absolute Gasteiger partial charge is 0.110 e. The van der Waals surface area contributed by atoms with Crippen LogP contribution in [0.3, 0.4) is 0 Å². The van der Waals surface area contributed by atoms with Gasteiger partial charge in [-0.15, -0.1) is 0 Å². The minimum absolute atomic E-state index is 0.138. The lowest BCUT2D eigenvalue weighted by atomic mass is 10.4. The summed E-state index contributed by atoms with van der Waals surface area (Å²) in [6, 6.07) is 0. The summed E-state index contributed by atoms with van der Waals surface area (Å²) in [6.45, 7) is 8.20. The summed E-state index contributed by atoms with van der Waals surface area (Å²) < 4.78 is 5.12. The second-order valence-corrected chi connectivity index (χ2v) is 3.10. The largest absolute Gasteiger partial charge is 0.363 e. The number of alkyl halides is 1. The predicted molar refractivity (Wildman–Crippen MR) is 39.2 cm³/mol. The van der Waals surface area contributed by atoms with E-state index in [0.717, 1.165) is 5.57 Å². The molecule has 0 N–H and O–H groups in total. The fourth-order valence-corrected chi connectivity index (χ4v) is 0.389. The standard InChI is InChI=1S/C6H11BrO/c1-5(2)4-8-6(3)7/h6H,1,4H2,2-3H3. The highest BCUT2D eigenvalue weighted by Gasteiger charge is 1.91. The van der Waals surface area contributed by atoms with Gasteiger partial charge in [0.15, 0.2) is 0 Å². The van der Waals surface area contributed by atoms with Crippen LogP contribution in [0.1, 0.15) is 13.8 Å². The van der Waals surface area contributed by atoms with Crippen LogP contribution < -0.4 is 0 Å². The molecular weight excluding hydrogens is 168 g/mol. The Morgan fingerprint density at radius 1 is 1.88 bits per heavy atom. The van der Waals surface area contributed by atoms with E-state index in [4.69, 9.17) is 4.74 Å². The minimum atomic E-state index is 0.138. The first-order chi connectivity index (χ1) is 3.63. The number of rotatable bonds is 3. The Labute approximate surface area is 58.9 Å². The van der Waals surface area contributed by atoms with Crippen molar-refractivity contribution >= 4 is 15.9 Å². The van der Waals surface area contributed by atoms with Gasteiger partial charge in [0, 0.05) is 0 Å². The Hall–Kier alpha value is 0.180. The molecule has 0 aliphatic rings. The van der Waals surface area contributed by atoms with Crippen molar-refractivity contribution in [2.75, 3.05) is 6.61 Å².